The Kier molecular flexibility index (Phi) is 5.04. The molecular weight excluding hydrogens is 170 g/mol. The zero-order valence-corrected chi connectivity index (χ0v) is 9.63. The van der Waals surface area contributed by atoms with E-state index in [1.807, 2.05) is 0 Å². The van der Waals surface area contributed by atoms with Crippen LogP contribution in [0.5, 0.6) is 0 Å². The highest BCUT2D eigenvalue weighted by Crippen LogP contribution is 2.24. The minimum absolute atomic E-state index is 0.864. The molecule has 0 radical (unpaired) electrons. The molecule has 1 saturated heterocycles. The summed E-state index contributed by atoms with van der Waals surface area (Å²) in [6.07, 6.45) is 10.1. The van der Waals surface area contributed by atoms with E-state index in [1.165, 1.54) is 38.9 Å². The van der Waals surface area contributed by atoms with Gasteiger partial charge in [0, 0.05) is 6.42 Å². The van der Waals surface area contributed by atoms with Crippen molar-refractivity contribution >= 4 is 0 Å². The Morgan fingerprint density at radius 2 is 2.00 bits per heavy atom. The lowest BCUT2D eigenvalue weighted by molar-refractivity contribution is 0.157. The van der Waals surface area contributed by atoms with E-state index < -0.39 is 0 Å². The molecular formula is C13H23N. The Morgan fingerprint density at radius 1 is 1.36 bits per heavy atom. The summed E-state index contributed by atoms with van der Waals surface area (Å²) >= 11 is 0. The molecule has 1 nitrogen and oxygen atoms in total. The standard InChI is InChI=1S/C13H23N/c1-4-5-6-9-14-10-7-13(8-11-14)12(2)3/h1,12-13H,5-11H2,2-3H3. The van der Waals surface area contributed by atoms with Crippen LogP contribution < -0.4 is 0 Å². The summed E-state index contributed by atoms with van der Waals surface area (Å²) in [6.45, 7) is 8.47. The maximum atomic E-state index is 5.24. The van der Waals surface area contributed by atoms with Crippen LogP contribution in [0.4, 0.5) is 0 Å². The third kappa shape index (κ3) is 3.72. The van der Waals surface area contributed by atoms with E-state index in [0.29, 0.717) is 0 Å². The number of unbranched alkanes of at least 4 members (excludes halogenated alkanes) is 1. The largest absolute Gasteiger partial charge is 0.303 e. The molecule has 14 heavy (non-hydrogen) atoms. The first-order valence-corrected chi connectivity index (χ1v) is 5.90. The van der Waals surface area contributed by atoms with E-state index in [2.05, 4.69) is 24.7 Å². The molecule has 0 aliphatic carbocycles. The minimum atomic E-state index is 0.864. The summed E-state index contributed by atoms with van der Waals surface area (Å²) in [4.78, 5) is 2.57. The number of nitrogens with zero attached hydrogens (tertiary/aromatic N) is 1. The normalized spacial score (nSPS) is 19.9. The molecule has 80 valence electrons. The topological polar surface area (TPSA) is 3.24 Å². The molecule has 0 spiro atoms. The highest BCUT2D eigenvalue weighted by atomic mass is 15.1. The number of likely N-dealkylation sites (tertiary alicyclic amines) is 1. The molecule has 0 saturated carbocycles. The van der Waals surface area contributed by atoms with Crippen LogP contribution in [0.3, 0.4) is 0 Å². The number of rotatable bonds is 4. The van der Waals surface area contributed by atoms with Crippen molar-refractivity contribution in [2.75, 3.05) is 19.6 Å². The maximum absolute atomic E-state index is 5.24. The first-order valence-electron chi connectivity index (χ1n) is 5.90. The fraction of sp³-hybridized carbons (Fsp3) is 0.846. The van der Waals surface area contributed by atoms with Gasteiger partial charge in [-0.25, -0.2) is 0 Å². The van der Waals surface area contributed by atoms with Crippen LogP contribution in [-0.2, 0) is 0 Å². The molecule has 1 heteroatoms. The summed E-state index contributed by atoms with van der Waals surface area (Å²) in [5.41, 5.74) is 0. The SMILES string of the molecule is C#CCCCN1CCC(C(C)C)CC1. The first-order chi connectivity index (χ1) is 6.74. The zero-order valence-electron chi connectivity index (χ0n) is 9.63. The quantitative estimate of drug-likeness (QED) is 0.490. The van der Waals surface area contributed by atoms with Gasteiger partial charge in [-0.15, -0.1) is 12.3 Å². The van der Waals surface area contributed by atoms with Crippen molar-refractivity contribution in [1.82, 2.24) is 4.90 Å². The van der Waals surface area contributed by atoms with Crippen LogP contribution >= 0.6 is 0 Å². The summed E-state index contributed by atoms with van der Waals surface area (Å²) in [6, 6.07) is 0. The van der Waals surface area contributed by atoms with E-state index in [9.17, 15) is 0 Å². The van der Waals surface area contributed by atoms with E-state index >= 15 is 0 Å². The molecule has 0 N–H and O–H groups in total. The van der Waals surface area contributed by atoms with Crippen LogP contribution in [0.25, 0.3) is 0 Å². The Morgan fingerprint density at radius 3 is 2.50 bits per heavy atom. The smallest absolute Gasteiger partial charge is 0.00982 e. The molecule has 1 aliphatic rings. The van der Waals surface area contributed by atoms with Crippen molar-refractivity contribution < 1.29 is 0 Å². The molecule has 0 unspecified atom stereocenters. The van der Waals surface area contributed by atoms with Crippen molar-refractivity contribution in [2.24, 2.45) is 11.8 Å². The second-order valence-electron chi connectivity index (χ2n) is 4.73. The third-order valence-electron chi connectivity index (χ3n) is 3.37. The number of terminal acetylenes is 1. The first kappa shape index (κ1) is 11.6. The van der Waals surface area contributed by atoms with Crippen molar-refractivity contribution in [3.63, 3.8) is 0 Å². The van der Waals surface area contributed by atoms with Gasteiger partial charge in [0.25, 0.3) is 0 Å². The van der Waals surface area contributed by atoms with Crippen molar-refractivity contribution in [2.45, 2.75) is 39.5 Å². The highest BCUT2D eigenvalue weighted by Gasteiger charge is 2.20. The van der Waals surface area contributed by atoms with Gasteiger partial charge in [0.05, 0.1) is 0 Å². The van der Waals surface area contributed by atoms with Crippen molar-refractivity contribution in [3.8, 4) is 12.3 Å². The lowest BCUT2D eigenvalue weighted by Crippen LogP contribution is -2.35. The maximum Gasteiger partial charge on any atom is 0.00982 e. The molecule has 0 aromatic rings. The van der Waals surface area contributed by atoms with Gasteiger partial charge < -0.3 is 4.90 Å². The van der Waals surface area contributed by atoms with Crippen LogP contribution in [0, 0.1) is 24.2 Å². The number of piperidine rings is 1. The van der Waals surface area contributed by atoms with Gasteiger partial charge in [-0.2, -0.15) is 0 Å². The van der Waals surface area contributed by atoms with Gasteiger partial charge in [0.15, 0.2) is 0 Å². The second kappa shape index (κ2) is 6.09. The lowest BCUT2D eigenvalue weighted by atomic mass is 9.87. The van der Waals surface area contributed by atoms with Crippen molar-refractivity contribution in [3.05, 3.63) is 0 Å². The summed E-state index contributed by atoms with van der Waals surface area (Å²) in [5, 5.41) is 0. The molecule has 0 bridgehead atoms. The fourth-order valence-corrected chi connectivity index (χ4v) is 2.25. The van der Waals surface area contributed by atoms with Gasteiger partial charge in [0.2, 0.25) is 0 Å². The summed E-state index contributed by atoms with van der Waals surface area (Å²) in [5.74, 6) is 4.53. The minimum Gasteiger partial charge on any atom is -0.303 e. The van der Waals surface area contributed by atoms with Gasteiger partial charge in [-0.3, -0.25) is 0 Å². The highest BCUT2D eigenvalue weighted by molar-refractivity contribution is 4.84. The van der Waals surface area contributed by atoms with Crippen LogP contribution in [0.15, 0.2) is 0 Å². The van der Waals surface area contributed by atoms with Crippen LogP contribution in [0.2, 0.25) is 0 Å². The predicted molar refractivity (Wildman–Crippen MR) is 62.1 cm³/mol. The molecule has 0 aromatic carbocycles. The molecule has 0 aromatic heterocycles. The second-order valence-corrected chi connectivity index (χ2v) is 4.73. The summed E-state index contributed by atoms with van der Waals surface area (Å²) < 4.78 is 0. The van der Waals surface area contributed by atoms with Gasteiger partial charge >= 0.3 is 0 Å². The molecule has 1 fully saturated rings. The van der Waals surface area contributed by atoms with Gasteiger partial charge in [-0.1, -0.05) is 13.8 Å². The Hall–Kier alpha value is -0.480. The third-order valence-corrected chi connectivity index (χ3v) is 3.37. The summed E-state index contributed by atoms with van der Waals surface area (Å²) in [7, 11) is 0. The van der Waals surface area contributed by atoms with E-state index in [0.717, 1.165) is 18.3 Å². The molecule has 0 amide bonds. The van der Waals surface area contributed by atoms with Crippen LogP contribution in [0.1, 0.15) is 39.5 Å². The molecule has 1 heterocycles. The molecule has 1 aliphatic heterocycles. The van der Waals surface area contributed by atoms with Gasteiger partial charge in [-0.05, 0) is 50.7 Å². The molecule has 0 atom stereocenters. The monoisotopic (exact) mass is 193 g/mol. The average Bonchev–Trinajstić information content (AvgIpc) is 2.19. The zero-order chi connectivity index (χ0) is 10.4. The Labute approximate surface area is 88.9 Å². The van der Waals surface area contributed by atoms with E-state index in [4.69, 9.17) is 6.42 Å². The van der Waals surface area contributed by atoms with Gasteiger partial charge in [0.1, 0.15) is 0 Å². The average molecular weight is 193 g/mol. The van der Waals surface area contributed by atoms with Crippen LogP contribution in [-0.4, -0.2) is 24.5 Å². The predicted octanol–water partition coefficient (Wildman–Crippen LogP) is 2.77. The Balaban J connectivity index is 2.13. The van der Waals surface area contributed by atoms with E-state index in [1.54, 1.807) is 0 Å². The lowest BCUT2D eigenvalue weighted by Gasteiger charge is -2.33. The molecule has 1 rings (SSSR count). The number of hydrogen-bond donors (Lipinski definition) is 0. The Bertz CT molecular complexity index is 182. The fourth-order valence-electron chi connectivity index (χ4n) is 2.25. The van der Waals surface area contributed by atoms with E-state index in [-0.39, 0.29) is 0 Å². The number of hydrogen-bond acceptors (Lipinski definition) is 1. The van der Waals surface area contributed by atoms with Crippen molar-refractivity contribution in [1.29, 1.82) is 0 Å².